The monoisotopic (exact) mass is 403 g/mol. The van der Waals surface area contributed by atoms with E-state index in [1.807, 2.05) is 0 Å². The Morgan fingerprint density at radius 2 is 1.85 bits per heavy atom. The molecule has 0 fully saturated rings. The largest absolute Gasteiger partial charge is 0.481 e. The van der Waals surface area contributed by atoms with Gasteiger partial charge in [-0.3, -0.25) is 4.79 Å². The van der Waals surface area contributed by atoms with Gasteiger partial charge in [-0.1, -0.05) is 18.2 Å². The van der Waals surface area contributed by atoms with Gasteiger partial charge in [-0.25, -0.2) is 12.8 Å². The summed E-state index contributed by atoms with van der Waals surface area (Å²) in [6.07, 6.45) is -5.25. The molecule has 5 nitrogen and oxygen atoms in total. The van der Waals surface area contributed by atoms with Crippen LogP contribution in [0.4, 0.5) is 17.6 Å². The van der Waals surface area contributed by atoms with Crippen molar-refractivity contribution in [2.75, 3.05) is 0 Å². The van der Waals surface area contributed by atoms with Gasteiger partial charge in [0.15, 0.2) is 0 Å². The quantitative estimate of drug-likeness (QED) is 0.793. The smallest absolute Gasteiger partial charge is 0.416 e. The third-order valence-electron chi connectivity index (χ3n) is 4.23. The first kappa shape index (κ1) is 19.3. The number of rotatable bonds is 4. The Labute approximate surface area is 151 Å². The van der Waals surface area contributed by atoms with E-state index < -0.39 is 52.6 Å². The van der Waals surface area contributed by atoms with Gasteiger partial charge in [0.25, 0.3) is 0 Å². The molecule has 0 bridgehead atoms. The van der Waals surface area contributed by atoms with Crippen molar-refractivity contribution in [3.63, 3.8) is 0 Å². The van der Waals surface area contributed by atoms with Gasteiger partial charge in [0, 0.05) is 6.54 Å². The number of aliphatic carboxylic acids is 1. The van der Waals surface area contributed by atoms with Gasteiger partial charge >= 0.3 is 12.1 Å². The Balaban J connectivity index is 2.05. The van der Waals surface area contributed by atoms with Crippen LogP contribution in [-0.2, 0) is 27.5 Å². The lowest BCUT2D eigenvalue weighted by atomic mass is 10.0. The summed E-state index contributed by atoms with van der Waals surface area (Å²) >= 11 is 0. The number of carboxylic acids is 1. The Morgan fingerprint density at radius 1 is 1.15 bits per heavy atom. The molecule has 1 aliphatic heterocycles. The van der Waals surface area contributed by atoms with Crippen molar-refractivity contribution in [2.24, 2.45) is 0 Å². The number of sulfonamides is 1. The van der Waals surface area contributed by atoms with E-state index in [1.165, 1.54) is 6.07 Å². The Bertz CT molecular complexity index is 1000. The third-order valence-corrected chi connectivity index (χ3v) is 6.15. The number of carbonyl (C=O) groups is 1. The molecule has 1 N–H and O–H groups in total. The molecule has 1 heterocycles. The first-order valence-corrected chi connectivity index (χ1v) is 9.13. The maximum absolute atomic E-state index is 13.6. The lowest BCUT2D eigenvalue weighted by Crippen LogP contribution is -2.29. The van der Waals surface area contributed by atoms with Crippen molar-refractivity contribution in [1.82, 2.24) is 4.31 Å². The summed E-state index contributed by atoms with van der Waals surface area (Å²) in [5, 5.41) is 9.11. The van der Waals surface area contributed by atoms with Crippen LogP contribution in [0.3, 0.4) is 0 Å². The maximum Gasteiger partial charge on any atom is 0.416 e. The van der Waals surface area contributed by atoms with Gasteiger partial charge in [-0.2, -0.15) is 17.5 Å². The second-order valence-corrected chi connectivity index (χ2v) is 7.90. The number of hydrogen-bond donors (Lipinski definition) is 1. The zero-order chi connectivity index (χ0) is 20.0. The fourth-order valence-electron chi connectivity index (χ4n) is 3.06. The summed E-state index contributed by atoms with van der Waals surface area (Å²) in [7, 11) is -4.18. The van der Waals surface area contributed by atoms with E-state index in [0.29, 0.717) is 0 Å². The topological polar surface area (TPSA) is 74.7 Å². The highest BCUT2D eigenvalue weighted by atomic mass is 32.2. The van der Waals surface area contributed by atoms with E-state index in [4.69, 9.17) is 5.11 Å². The lowest BCUT2D eigenvalue weighted by Gasteiger charge is -2.22. The predicted octanol–water partition coefficient (Wildman–Crippen LogP) is 3.56. The van der Waals surface area contributed by atoms with Crippen LogP contribution in [0.2, 0.25) is 0 Å². The standard InChI is InChI=1S/C17H13F4NO4S/c18-12-4-5-15-13(7-12)14(8-16(23)24)22(27(15,25)26)9-10-2-1-3-11(6-10)17(19,20)21/h1-7,14H,8-9H2,(H,23,24)/t14-/m0/s1. The van der Waals surface area contributed by atoms with Gasteiger partial charge in [0.05, 0.1) is 22.9 Å². The molecule has 27 heavy (non-hydrogen) atoms. The van der Waals surface area contributed by atoms with Crippen LogP contribution in [0.15, 0.2) is 47.4 Å². The molecule has 0 spiro atoms. The van der Waals surface area contributed by atoms with Crippen molar-refractivity contribution >= 4 is 16.0 Å². The van der Waals surface area contributed by atoms with Gasteiger partial charge < -0.3 is 5.11 Å². The number of fused-ring (bicyclic) bond motifs is 1. The fraction of sp³-hybridized carbons (Fsp3) is 0.235. The van der Waals surface area contributed by atoms with Crippen molar-refractivity contribution in [3.8, 4) is 0 Å². The van der Waals surface area contributed by atoms with E-state index >= 15 is 0 Å². The third kappa shape index (κ3) is 3.67. The Hall–Kier alpha value is -2.46. The number of carboxylic acid groups (broad SMARTS) is 1. The minimum atomic E-state index is -4.60. The van der Waals surface area contributed by atoms with Crippen LogP contribution in [-0.4, -0.2) is 23.8 Å². The average Bonchev–Trinajstić information content (AvgIpc) is 2.75. The number of alkyl halides is 3. The highest BCUT2D eigenvalue weighted by Gasteiger charge is 2.44. The van der Waals surface area contributed by atoms with Crippen LogP contribution in [0.5, 0.6) is 0 Å². The summed E-state index contributed by atoms with van der Waals surface area (Å²) in [6, 6.07) is 5.78. The van der Waals surface area contributed by atoms with Crippen molar-refractivity contribution in [3.05, 3.63) is 65.0 Å². The van der Waals surface area contributed by atoms with E-state index in [2.05, 4.69) is 0 Å². The maximum atomic E-state index is 13.6. The second kappa shape index (κ2) is 6.61. The summed E-state index contributed by atoms with van der Waals surface area (Å²) in [6.45, 7) is -0.472. The summed E-state index contributed by atoms with van der Waals surface area (Å²) in [4.78, 5) is 10.9. The molecule has 0 saturated heterocycles. The van der Waals surface area contributed by atoms with Crippen LogP contribution >= 0.6 is 0 Å². The summed E-state index contributed by atoms with van der Waals surface area (Å²) in [5.41, 5.74) is -0.934. The molecule has 3 rings (SSSR count). The normalized spacial score (nSPS) is 19.0. The molecule has 0 unspecified atom stereocenters. The minimum Gasteiger partial charge on any atom is -0.481 e. The molecule has 0 saturated carbocycles. The number of benzene rings is 2. The van der Waals surface area contributed by atoms with Crippen LogP contribution in [0.1, 0.15) is 29.2 Å². The molecule has 1 aliphatic rings. The molecule has 2 aromatic carbocycles. The molecule has 0 aliphatic carbocycles. The Morgan fingerprint density at radius 3 is 2.48 bits per heavy atom. The molecule has 1 atom stereocenters. The molecule has 144 valence electrons. The first-order valence-electron chi connectivity index (χ1n) is 7.69. The van der Waals surface area contributed by atoms with Gasteiger partial charge in [0.2, 0.25) is 10.0 Å². The molecule has 2 aromatic rings. The molecule has 0 radical (unpaired) electrons. The zero-order valence-corrected chi connectivity index (χ0v) is 14.4. The van der Waals surface area contributed by atoms with Gasteiger partial charge in [-0.05, 0) is 35.4 Å². The van der Waals surface area contributed by atoms with Crippen LogP contribution in [0.25, 0.3) is 0 Å². The lowest BCUT2D eigenvalue weighted by molar-refractivity contribution is -0.138. The van der Waals surface area contributed by atoms with Crippen molar-refractivity contribution in [2.45, 2.75) is 30.1 Å². The Kier molecular flexibility index (Phi) is 4.73. The molecule has 0 aromatic heterocycles. The highest BCUT2D eigenvalue weighted by molar-refractivity contribution is 7.89. The number of nitrogens with zero attached hydrogens (tertiary/aromatic N) is 1. The fourth-order valence-corrected chi connectivity index (χ4v) is 4.89. The predicted molar refractivity (Wildman–Crippen MR) is 85.6 cm³/mol. The van der Waals surface area contributed by atoms with Crippen LogP contribution < -0.4 is 0 Å². The first-order chi connectivity index (χ1) is 12.5. The molecule has 10 heteroatoms. The minimum absolute atomic E-state index is 0.0237. The average molecular weight is 403 g/mol. The van der Waals surface area contributed by atoms with Gasteiger partial charge in [-0.15, -0.1) is 0 Å². The van der Waals surface area contributed by atoms with Crippen molar-refractivity contribution in [1.29, 1.82) is 0 Å². The SMILES string of the molecule is O=C(O)C[C@H]1c2cc(F)ccc2S(=O)(=O)N1Cc1cccc(C(F)(F)F)c1. The van der Waals surface area contributed by atoms with E-state index in [-0.39, 0.29) is 16.0 Å². The number of hydrogen-bond acceptors (Lipinski definition) is 3. The molecular weight excluding hydrogens is 390 g/mol. The number of halogens is 4. The second-order valence-electron chi connectivity index (χ2n) is 6.04. The van der Waals surface area contributed by atoms with E-state index in [9.17, 15) is 30.8 Å². The molecular formula is C17H13F4NO4S. The van der Waals surface area contributed by atoms with E-state index in [0.717, 1.165) is 40.7 Å². The summed E-state index contributed by atoms with van der Waals surface area (Å²) in [5.74, 6) is -2.05. The highest BCUT2D eigenvalue weighted by Crippen LogP contribution is 2.43. The van der Waals surface area contributed by atoms with Crippen LogP contribution in [0, 0.1) is 5.82 Å². The van der Waals surface area contributed by atoms with E-state index in [1.54, 1.807) is 0 Å². The molecule has 0 amide bonds. The zero-order valence-electron chi connectivity index (χ0n) is 13.6. The summed E-state index contributed by atoms with van der Waals surface area (Å²) < 4.78 is 78.6. The van der Waals surface area contributed by atoms with Crippen molar-refractivity contribution < 1.29 is 35.9 Å². The van der Waals surface area contributed by atoms with Gasteiger partial charge in [0.1, 0.15) is 5.82 Å².